The van der Waals surface area contributed by atoms with Gasteiger partial charge in [0.05, 0.1) is 33.8 Å². The number of nitrogens with zero attached hydrogens (tertiary/aromatic N) is 4. The lowest BCUT2D eigenvalue weighted by molar-refractivity contribution is 1.18. The smallest absolute Gasteiger partial charge is 0.160 e. The molecule has 0 saturated carbocycles. The summed E-state index contributed by atoms with van der Waals surface area (Å²) in [6, 6.07) is 85.8. The number of aromatic nitrogens is 4. The van der Waals surface area contributed by atoms with E-state index < -0.39 is 0 Å². The van der Waals surface area contributed by atoms with Gasteiger partial charge in [0.1, 0.15) is 0 Å². The molecule has 0 spiro atoms. The SMILES string of the molecule is c1ccc(-c2ccc(-c3cc(-c4ccc5c6ccc(-c7ccc8ccc9ccc(-c%10ccccc%10)nc9c8n7)cc6c6ccccc6c5c4)nc(-c4ccc(-c5ccccc5)cc4)n3)cc2)cc1. The van der Waals surface area contributed by atoms with Crippen LogP contribution in [0.25, 0.3) is 133 Å². The predicted octanol–water partition coefficient (Wildman–Crippen LogP) is 16.7. The fraction of sp³-hybridized carbons (Fsp3) is 0. The Hall–Kier alpha value is -9.12. The standard InChI is InChI=1S/C64H40N4/c1-4-12-41(13-5-1)43-20-24-46(25-21-43)60-40-61(68-64(67-60)49-28-22-44(23-29-49)42-14-6-2-7-15-42)51-31-35-55-54-34-30-50(38-56(54)52-18-10-11-19-53(52)57(55)39-51)59-37-33-48-27-26-47-32-36-58(45-16-8-3-9-17-45)65-62(47)63(48)66-59/h1-40H. The Balaban J connectivity index is 0.927. The number of hydrogen-bond donors (Lipinski definition) is 0. The van der Waals surface area contributed by atoms with E-state index in [4.69, 9.17) is 19.9 Å². The molecule has 0 bridgehead atoms. The molecule has 0 atom stereocenters. The van der Waals surface area contributed by atoms with E-state index >= 15 is 0 Å². The average Bonchev–Trinajstić information content (AvgIpc) is 3.43. The van der Waals surface area contributed by atoms with Crippen LogP contribution in [-0.2, 0) is 0 Å². The van der Waals surface area contributed by atoms with Gasteiger partial charge in [0.25, 0.3) is 0 Å². The van der Waals surface area contributed by atoms with Crippen LogP contribution in [0.2, 0.25) is 0 Å². The van der Waals surface area contributed by atoms with Crippen LogP contribution >= 0.6 is 0 Å². The predicted molar refractivity (Wildman–Crippen MR) is 283 cm³/mol. The summed E-state index contributed by atoms with van der Waals surface area (Å²) in [5.41, 5.74) is 15.2. The maximum absolute atomic E-state index is 5.32. The molecule has 0 aliphatic rings. The van der Waals surface area contributed by atoms with Gasteiger partial charge in [-0.05, 0) is 84.9 Å². The Morgan fingerprint density at radius 2 is 0.529 bits per heavy atom. The molecular formula is C64H40N4. The van der Waals surface area contributed by atoms with Gasteiger partial charge >= 0.3 is 0 Å². The molecule has 0 saturated heterocycles. The van der Waals surface area contributed by atoms with Crippen LogP contribution in [0, 0.1) is 0 Å². The van der Waals surface area contributed by atoms with Gasteiger partial charge in [-0.3, -0.25) is 0 Å². The van der Waals surface area contributed by atoms with Crippen LogP contribution < -0.4 is 0 Å². The van der Waals surface area contributed by atoms with Crippen LogP contribution in [0.1, 0.15) is 0 Å². The van der Waals surface area contributed by atoms with Crippen LogP contribution in [-0.4, -0.2) is 19.9 Å². The van der Waals surface area contributed by atoms with Crippen molar-refractivity contribution in [3.05, 3.63) is 243 Å². The van der Waals surface area contributed by atoms with E-state index in [0.717, 1.165) is 83.5 Å². The van der Waals surface area contributed by atoms with Crippen molar-refractivity contribution in [3.8, 4) is 78.7 Å². The highest BCUT2D eigenvalue weighted by Crippen LogP contribution is 2.40. The second-order valence-corrected chi connectivity index (χ2v) is 17.4. The molecule has 0 aliphatic heterocycles. The summed E-state index contributed by atoms with van der Waals surface area (Å²) in [4.78, 5) is 21.0. The quantitative estimate of drug-likeness (QED) is 0.150. The summed E-state index contributed by atoms with van der Waals surface area (Å²) in [5.74, 6) is 0.683. The van der Waals surface area contributed by atoms with Crippen molar-refractivity contribution < 1.29 is 0 Å². The third-order valence-electron chi connectivity index (χ3n) is 13.3. The molecule has 0 fully saturated rings. The van der Waals surface area contributed by atoms with Crippen LogP contribution in [0.4, 0.5) is 0 Å². The molecule has 3 aromatic heterocycles. The lowest BCUT2D eigenvalue weighted by Gasteiger charge is -2.14. The molecule has 3 heterocycles. The summed E-state index contributed by atoms with van der Waals surface area (Å²) in [6.07, 6.45) is 0. The maximum atomic E-state index is 5.32. The highest BCUT2D eigenvalue weighted by atomic mass is 14.9. The van der Waals surface area contributed by atoms with Gasteiger partial charge < -0.3 is 0 Å². The second kappa shape index (κ2) is 16.4. The van der Waals surface area contributed by atoms with E-state index in [1.807, 2.05) is 18.2 Å². The molecule has 13 aromatic rings. The highest BCUT2D eigenvalue weighted by molar-refractivity contribution is 6.26. The van der Waals surface area contributed by atoms with Gasteiger partial charge in [-0.25, -0.2) is 19.9 Å². The Labute approximate surface area is 393 Å². The van der Waals surface area contributed by atoms with Crippen molar-refractivity contribution in [3.63, 3.8) is 0 Å². The first kappa shape index (κ1) is 39.3. The zero-order valence-electron chi connectivity index (χ0n) is 36.9. The molecule has 0 aliphatic carbocycles. The molecule has 316 valence electrons. The van der Waals surface area contributed by atoms with Gasteiger partial charge in [-0.1, -0.05) is 212 Å². The fourth-order valence-corrected chi connectivity index (χ4v) is 9.75. The van der Waals surface area contributed by atoms with Crippen molar-refractivity contribution in [1.29, 1.82) is 0 Å². The monoisotopic (exact) mass is 864 g/mol. The first-order valence-electron chi connectivity index (χ1n) is 23.0. The first-order valence-corrected chi connectivity index (χ1v) is 23.0. The molecule has 68 heavy (non-hydrogen) atoms. The molecule has 0 radical (unpaired) electrons. The normalized spacial score (nSPS) is 11.5. The lowest BCUT2D eigenvalue weighted by atomic mass is 9.91. The number of benzene rings is 10. The van der Waals surface area contributed by atoms with Crippen molar-refractivity contribution >= 4 is 54.1 Å². The van der Waals surface area contributed by atoms with Crippen molar-refractivity contribution in [2.24, 2.45) is 0 Å². The number of rotatable bonds is 7. The van der Waals surface area contributed by atoms with Crippen LogP contribution in [0.5, 0.6) is 0 Å². The summed E-state index contributed by atoms with van der Waals surface area (Å²) >= 11 is 0. The average molecular weight is 865 g/mol. The van der Waals surface area contributed by atoms with Gasteiger partial charge in [-0.2, -0.15) is 0 Å². The molecule has 4 nitrogen and oxygen atoms in total. The summed E-state index contributed by atoms with van der Waals surface area (Å²) in [6.45, 7) is 0. The van der Waals surface area contributed by atoms with E-state index in [1.54, 1.807) is 0 Å². The largest absolute Gasteiger partial charge is 0.245 e. The summed E-state index contributed by atoms with van der Waals surface area (Å²) in [7, 11) is 0. The van der Waals surface area contributed by atoms with Crippen LogP contribution in [0.3, 0.4) is 0 Å². The first-order chi connectivity index (χ1) is 33.7. The number of pyridine rings is 2. The van der Waals surface area contributed by atoms with Crippen molar-refractivity contribution in [2.45, 2.75) is 0 Å². The minimum absolute atomic E-state index is 0.683. The van der Waals surface area contributed by atoms with E-state index in [-0.39, 0.29) is 0 Å². The molecule has 0 unspecified atom stereocenters. The van der Waals surface area contributed by atoms with Crippen molar-refractivity contribution in [1.82, 2.24) is 19.9 Å². The highest BCUT2D eigenvalue weighted by Gasteiger charge is 2.16. The minimum atomic E-state index is 0.683. The van der Waals surface area contributed by atoms with E-state index in [9.17, 15) is 0 Å². The Morgan fingerprint density at radius 1 is 0.191 bits per heavy atom. The van der Waals surface area contributed by atoms with E-state index in [2.05, 4.69) is 224 Å². The zero-order chi connectivity index (χ0) is 45.0. The van der Waals surface area contributed by atoms with Gasteiger partial charge in [-0.15, -0.1) is 0 Å². The van der Waals surface area contributed by atoms with E-state index in [0.29, 0.717) is 5.82 Å². The third kappa shape index (κ3) is 7.04. The molecular weight excluding hydrogens is 825 g/mol. The Morgan fingerprint density at radius 3 is 1.04 bits per heavy atom. The molecule has 10 aromatic carbocycles. The fourth-order valence-electron chi connectivity index (χ4n) is 9.75. The Kier molecular flexibility index (Phi) is 9.47. The molecule has 0 amide bonds. The van der Waals surface area contributed by atoms with Crippen molar-refractivity contribution in [2.75, 3.05) is 0 Å². The number of fused-ring (bicyclic) bond motifs is 9. The van der Waals surface area contributed by atoms with E-state index in [1.165, 1.54) is 43.4 Å². The zero-order valence-corrected chi connectivity index (χ0v) is 36.9. The summed E-state index contributed by atoms with van der Waals surface area (Å²) in [5, 5.41) is 9.25. The Bertz CT molecular complexity index is 3920. The molecule has 0 N–H and O–H groups in total. The van der Waals surface area contributed by atoms with Gasteiger partial charge in [0, 0.05) is 38.6 Å². The molecule has 13 rings (SSSR count). The second-order valence-electron chi connectivity index (χ2n) is 17.4. The summed E-state index contributed by atoms with van der Waals surface area (Å²) < 4.78 is 0. The van der Waals surface area contributed by atoms with Gasteiger partial charge in [0.2, 0.25) is 0 Å². The topological polar surface area (TPSA) is 51.6 Å². The third-order valence-corrected chi connectivity index (χ3v) is 13.3. The molecule has 4 heteroatoms. The van der Waals surface area contributed by atoms with Gasteiger partial charge in [0.15, 0.2) is 5.82 Å². The lowest BCUT2D eigenvalue weighted by Crippen LogP contribution is -1.96. The maximum Gasteiger partial charge on any atom is 0.160 e. The number of hydrogen-bond acceptors (Lipinski definition) is 4. The van der Waals surface area contributed by atoms with Crippen LogP contribution in [0.15, 0.2) is 243 Å². The minimum Gasteiger partial charge on any atom is -0.245 e.